The number of pyridine rings is 1. The Morgan fingerprint density at radius 1 is 1.00 bits per heavy atom. The Kier molecular flexibility index (Phi) is 4.66. The van der Waals surface area contributed by atoms with Gasteiger partial charge in [0.05, 0.1) is 17.4 Å². The van der Waals surface area contributed by atoms with Crippen LogP contribution in [0.2, 0.25) is 5.02 Å². The number of piperazine rings is 1. The number of fused-ring (bicyclic) bond motifs is 4. The number of halogens is 1. The van der Waals surface area contributed by atoms with Gasteiger partial charge in [-0.05, 0) is 61.4 Å². The molecule has 1 saturated heterocycles. The highest BCUT2D eigenvalue weighted by atomic mass is 35.5. The Hall–Kier alpha value is -3.38. The van der Waals surface area contributed by atoms with Crippen molar-refractivity contribution in [3.05, 3.63) is 83.5 Å². The summed E-state index contributed by atoms with van der Waals surface area (Å²) in [5.74, 6) is 0.968. The highest BCUT2D eigenvalue weighted by Gasteiger charge is 2.60. The third kappa shape index (κ3) is 3.04. The minimum Gasteiger partial charge on any atom is -0.363 e. The van der Waals surface area contributed by atoms with Gasteiger partial charge in [-0.2, -0.15) is 10.1 Å². The van der Waals surface area contributed by atoms with Gasteiger partial charge in [-0.15, -0.1) is 0 Å². The fraction of sp³-hybridized carbons (Fsp3) is 0.269. The first-order chi connectivity index (χ1) is 16.1. The molecule has 1 aromatic heterocycles. The molecule has 3 aliphatic heterocycles. The Morgan fingerprint density at radius 3 is 2.58 bits per heavy atom. The molecule has 0 aliphatic carbocycles. The van der Waals surface area contributed by atoms with E-state index in [-0.39, 0.29) is 11.9 Å². The van der Waals surface area contributed by atoms with E-state index in [0.717, 1.165) is 30.3 Å². The summed E-state index contributed by atoms with van der Waals surface area (Å²) in [7, 11) is 0. The van der Waals surface area contributed by atoms with E-state index in [1.807, 2.05) is 43.5 Å². The third-order valence-corrected chi connectivity index (χ3v) is 7.49. The zero-order chi connectivity index (χ0) is 22.6. The van der Waals surface area contributed by atoms with Gasteiger partial charge in [0, 0.05) is 36.5 Å². The lowest BCUT2D eigenvalue weighted by molar-refractivity contribution is -0.125. The molecule has 1 fully saturated rings. The normalized spacial score (nSPS) is 24.1. The highest BCUT2D eigenvalue weighted by Crippen LogP contribution is 2.48. The van der Waals surface area contributed by atoms with E-state index in [4.69, 9.17) is 16.7 Å². The number of aromatic nitrogens is 1. The second-order valence-corrected chi connectivity index (χ2v) is 9.34. The first-order valence-electron chi connectivity index (χ1n) is 11.2. The summed E-state index contributed by atoms with van der Waals surface area (Å²) in [5, 5.41) is 7.01. The van der Waals surface area contributed by atoms with Crippen LogP contribution in [0.5, 0.6) is 0 Å². The largest absolute Gasteiger partial charge is 0.363 e. The number of hydrogen-bond acceptors (Lipinski definition) is 5. The number of para-hydroxylation sites is 1. The zero-order valence-electron chi connectivity index (χ0n) is 18.4. The van der Waals surface area contributed by atoms with E-state index >= 15 is 0 Å². The van der Waals surface area contributed by atoms with Crippen LogP contribution < -0.4 is 14.8 Å². The van der Waals surface area contributed by atoms with Crippen LogP contribution in [0.25, 0.3) is 0 Å². The molecule has 3 aromatic rings. The molecule has 1 spiro atoms. The lowest BCUT2D eigenvalue weighted by atomic mass is 9.67. The summed E-state index contributed by atoms with van der Waals surface area (Å²) in [6, 6.07) is 21.7. The molecule has 1 amide bonds. The van der Waals surface area contributed by atoms with Crippen LogP contribution in [0.15, 0.2) is 78.0 Å². The number of amides is 1. The predicted octanol–water partition coefficient (Wildman–Crippen LogP) is 4.40. The first-order valence-corrected chi connectivity index (χ1v) is 11.6. The van der Waals surface area contributed by atoms with Crippen LogP contribution in [0.4, 0.5) is 17.2 Å². The molecule has 3 aliphatic rings. The molecule has 0 radical (unpaired) electrons. The van der Waals surface area contributed by atoms with Gasteiger partial charge in [0.25, 0.3) is 5.91 Å². The predicted molar refractivity (Wildman–Crippen MR) is 132 cm³/mol. The van der Waals surface area contributed by atoms with Crippen molar-refractivity contribution >= 4 is 40.4 Å². The molecule has 0 bridgehead atoms. The highest BCUT2D eigenvalue weighted by molar-refractivity contribution is 6.30. The lowest BCUT2D eigenvalue weighted by Crippen LogP contribution is -2.67. The molecule has 4 heterocycles. The van der Waals surface area contributed by atoms with Crippen LogP contribution in [0, 0.1) is 5.41 Å². The minimum atomic E-state index is -0.735. The van der Waals surface area contributed by atoms with Gasteiger partial charge >= 0.3 is 0 Å². The number of carbonyl (C=O) groups is 1. The van der Waals surface area contributed by atoms with Crippen LogP contribution in [0.3, 0.4) is 0 Å². The maximum atomic E-state index is 14.2. The van der Waals surface area contributed by atoms with Gasteiger partial charge in [0.2, 0.25) is 0 Å². The lowest BCUT2D eigenvalue weighted by Gasteiger charge is -2.53. The summed E-state index contributed by atoms with van der Waals surface area (Å²) in [6.45, 7) is 4.38. The molecule has 6 nitrogen and oxygen atoms in total. The molecule has 33 heavy (non-hydrogen) atoms. The van der Waals surface area contributed by atoms with Crippen LogP contribution in [0.1, 0.15) is 12.5 Å². The van der Waals surface area contributed by atoms with Gasteiger partial charge in [-0.1, -0.05) is 35.9 Å². The summed E-state index contributed by atoms with van der Waals surface area (Å²) < 4.78 is 0. The summed E-state index contributed by atoms with van der Waals surface area (Å²) in [4.78, 5) is 23.5. The number of rotatable bonds is 2. The molecule has 0 saturated carbocycles. The van der Waals surface area contributed by atoms with E-state index in [1.165, 1.54) is 11.3 Å². The molecular formula is C26H24ClN5O. The van der Waals surface area contributed by atoms with Gasteiger partial charge in [0.15, 0.2) is 0 Å². The molecule has 6 rings (SSSR count). The number of anilines is 3. The SMILES string of the molecule is CC1=NN(c2ccc(Cl)cc2)C(=O)[C@@]12Cc1ccccc1N1CCN(c3ccccn3)C[C@H]12. The van der Waals surface area contributed by atoms with Crippen molar-refractivity contribution < 1.29 is 4.79 Å². The number of carbonyl (C=O) groups excluding carboxylic acids is 1. The second kappa shape index (κ2) is 7.59. The van der Waals surface area contributed by atoms with Gasteiger partial charge in [-0.3, -0.25) is 4.79 Å². The van der Waals surface area contributed by atoms with E-state index in [9.17, 15) is 4.79 Å². The van der Waals surface area contributed by atoms with Crippen LogP contribution in [-0.4, -0.2) is 42.3 Å². The monoisotopic (exact) mass is 457 g/mol. The Morgan fingerprint density at radius 2 is 1.79 bits per heavy atom. The molecule has 166 valence electrons. The number of nitrogens with zero attached hydrogens (tertiary/aromatic N) is 5. The number of hydrogen-bond donors (Lipinski definition) is 0. The van der Waals surface area contributed by atoms with E-state index in [1.54, 1.807) is 17.1 Å². The van der Waals surface area contributed by atoms with E-state index in [0.29, 0.717) is 18.0 Å². The molecular weight excluding hydrogens is 434 g/mol. The van der Waals surface area contributed by atoms with Crippen molar-refractivity contribution in [2.45, 2.75) is 19.4 Å². The van der Waals surface area contributed by atoms with E-state index in [2.05, 4.69) is 39.0 Å². The van der Waals surface area contributed by atoms with Crippen molar-refractivity contribution in [3.8, 4) is 0 Å². The van der Waals surface area contributed by atoms with Crippen molar-refractivity contribution in [2.24, 2.45) is 10.5 Å². The van der Waals surface area contributed by atoms with Crippen LogP contribution in [-0.2, 0) is 11.2 Å². The quantitative estimate of drug-likeness (QED) is 0.572. The van der Waals surface area contributed by atoms with Gasteiger partial charge in [0.1, 0.15) is 11.2 Å². The topological polar surface area (TPSA) is 52.0 Å². The first kappa shape index (κ1) is 20.2. The summed E-state index contributed by atoms with van der Waals surface area (Å²) >= 11 is 6.09. The average molecular weight is 458 g/mol. The maximum absolute atomic E-state index is 14.2. The Bertz CT molecular complexity index is 1250. The van der Waals surface area contributed by atoms with Gasteiger partial charge in [-0.25, -0.2) is 4.98 Å². The fourth-order valence-corrected chi connectivity index (χ4v) is 5.70. The molecule has 2 aromatic carbocycles. The fourth-order valence-electron chi connectivity index (χ4n) is 5.57. The summed E-state index contributed by atoms with van der Waals surface area (Å²) in [6.07, 6.45) is 2.46. The molecule has 2 atom stereocenters. The second-order valence-electron chi connectivity index (χ2n) is 8.90. The van der Waals surface area contributed by atoms with Crippen molar-refractivity contribution in [2.75, 3.05) is 34.4 Å². The smallest absolute Gasteiger partial charge is 0.261 e. The Labute approximate surface area is 198 Å². The van der Waals surface area contributed by atoms with Crippen molar-refractivity contribution in [3.63, 3.8) is 0 Å². The third-order valence-electron chi connectivity index (χ3n) is 7.23. The number of benzene rings is 2. The standard InChI is InChI=1S/C26H24ClN5O/c1-18-26(25(33)32(29-18)21-11-9-20(27)10-12-21)16-19-6-2-3-7-22(19)31-15-14-30(17-23(26)31)24-8-4-5-13-28-24/h2-13,23H,14-17H2,1H3/t23-,26-/m0/s1. The average Bonchev–Trinajstić information content (AvgIpc) is 3.10. The molecule has 0 unspecified atom stereocenters. The van der Waals surface area contributed by atoms with Crippen molar-refractivity contribution in [1.82, 2.24) is 4.98 Å². The number of hydrazone groups is 1. The Balaban J connectivity index is 1.45. The molecule has 7 heteroatoms. The van der Waals surface area contributed by atoms with Crippen molar-refractivity contribution in [1.29, 1.82) is 0 Å². The van der Waals surface area contributed by atoms with E-state index < -0.39 is 5.41 Å². The molecule has 0 N–H and O–H groups in total. The maximum Gasteiger partial charge on any atom is 0.261 e. The minimum absolute atomic E-state index is 0.0229. The zero-order valence-corrected chi connectivity index (χ0v) is 19.1. The summed E-state index contributed by atoms with van der Waals surface area (Å²) in [5.41, 5.74) is 3.28. The van der Waals surface area contributed by atoms with Gasteiger partial charge < -0.3 is 9.80 Å². The van der Waals surface area contributed by atoms with Crippen LogP contribution >= 0.6 is 11.6 Å².